The largest absolute Gasteiger partial charge is 0.442 e. The van der Waals surface area contributed by atoms with Gasteiger partial charge < -0.3 is 19.4 Å². The minimum Gasteiger partial charge on any atom is -0.442 e. The Labute approximate surface area is 170 Å². The molecule has 7 heteroatoms. The van der Waals surface area contributed by atoms with Crippen LogP contribution in [0.4, 0.5) is 4.79 Å². The number of nitrogens with zero attached hydrogens (tertiary/aromatic N) is 2. The highest BCUT2D eigenvalue weighted by molar-refractivity contribution is 5.78. The van der Waals surface area contributed by atoms with Crippen LogP contribution in [0.25, 0.3) is 11.5 Å². The fourth-order valence-corrected chi connectivity index (χ4v) is 3.50. The fraction of sp³-hybridized carbons (Fsp3) is 0.500. The van der Waals surface area contributed by atoms with Gasteiger partial charge in [-0.3, -0.25) is 4.79 Å². The molecule has 154 valence electrons. The molecule has 1 aliphatic carbocycles. The van der Waals surface area contributed by atoms with Gasteiger partial charge in [0.05, 0.1) is 25.2 Å². The summed E-state index contributed by atoms with van der Waals surface area (Å²) in [6.07, 6.45) is 1.66. The SMILES string of the molecule is Cc1oc(-c2ccc(C(C)C)cc2)nc1CC(=O)NCC1CN(C2CC2)C(=O)O1. The number of aromatic nitrogens is 1. The molecule has 1 saturated carbocycles. The Hall–Kier alpha value is -2.83. The van der Waals surface area contributed by atoms with Gasteiger partial charge in [0.2, 0.25) is 11.8 Å². The second kappa shape index (κ2) is 7.89. The van der Waals surface area contributed by atoms with Crippen molar-refractivity contribution >= 4 is 12.0 Å². The number of benzene rings is 1. The average Bonchev–Trinajstić information content (AvgIpc) is 3.38. The zero-order chi connectivity index (χ0) is 20.5. The number of ether oxygens (including phenoxy) is 1. The van der Waals surface area contributed by atoms with E-state index in [2.05, 4.69) is 36.3 Å². The summed E-state index contributed by atoms with van der Waals surface area (Å²) in [6, 6.07) is 8.45. The highest BCUT2D eigenvalue weighted by Gasteiger charge is 2.40. The molecule has 1 N–H and O–H groups in total. The standard InChI is InChI=1S/C22H27N3O4/c1-13(2)15-4-6-16(7-5-15)21-24-19(14(3)28-21)10-20(26)23-11-18-12-25(17-8-9-17)22(27)29-18/h4-7,13,17-18H,8-12H2,1-3H3,(H,23,26). The Morgan fingerprint density at radius 2 is 2.00 bits per heavy atom. The minimum atomic E-state index is -0.291. The summed E-state index contributed by atoms with van der Waals surface area (Å²) in [5, 5.41) is 2.85. The maximum Gasteiger partial charge on any atom is 0.410 e. The van der Waals surface area contributed by atoms with Gasteiger partial charge in [-0.1, -0.05) is 26.0 Å². The van der Waals surface area contributed by atoms with Gasteiger partial charge in [-0.2, -0.15) is 0 Å². The van der Waals surface area contributed by atoms with Crippen molar-refractivity contribution in [3.05, 3.63) is 41.3 Å². The summed E-state index contributed by atoms with van der Waals surface area (Å²) < 4.78 is 11.1. The van der Waals surface area contributed by atoms with Crippen molar-refractivity contribution in [3.63, 3.8) is 0 Å². The van der Waals surface area contributed by atoms with E-state index in [0.717, 1.165) is 18.4 Å². The first-order valence-corrected chi connectivity index (χ1v) is 10.2. The van der Waals surface area contributed by atoms with E-state index in [9.17, 15) is 9.59 Å². The van der Waals surface area contributed by atoms with Crippen LogP contribution in [0.3, 0.4) is 0 Å². The van der Waals surface area contributed by atoms with Crippen LogP contribution < -0.4 is 5.32 Å². The molecule has 1 aliphatic heterocycles. The minimum absolute atomic E-state index is 0.131. The third kappa shape index (κ3) is 4.44. The zero-order valence-electron chi connectivity index (χ0n) is 17.1. The Bertz CT molecular complexity index is 899. The molecule has 2 amide bonds. The van der Waals surface area contributed by atoms with Crippen molar-refractivity contribution in [3.8, 4) is 11.5 Å². The lowest BCUT2D eigenvalue weighted by Crippen LogP contribution is -2.35. The van der Waals surface area contributed by atoms with Gasteiger partial charge in [0.15, 0.2) is 0 Å². The highest BCUT2D eigenvalue weighted by atomic mass is 16.6. The molecule has 2 aliphatic rings. The number of rotatable bonds is 7. The molecule has 0 spiro atoms. The molecule has 1 aromatic heterocycles. The van der Waals surface area contributed by atoms with Crippen molar-refractivity contribution in [1.29, 1.82) is 0 Å². The number of oxazole rings is 1. The lowest BCUT2D eigenvalue weighted by molar-refractivity contribution is -0.120. The van der Waals surface area contributed by atoms with Crippen molar-refractivity contribution in [2.24, 2.45) is 0 Å². The van der Waals surface area contributed by atoms with Crippen molar-refractivity contribution in [1.82, 2.24) is 15.2 Å². The molecule has 1 unspecified atom stereocenters. The monoisotopic (exact) mass is 397 g/mol. The molecule has 29 heavy (non-hydrogen) atoms. The molecule has 7 nitrogen and oxygen atoms in total. The van der Waals surface area contributed by atoms with Gasteiger partial charge in [0.1, 0.15) is 11.9 Å². The summed E-state index contributed by atoms with van der Waals surface area (Å²) in [5.74, 6) is 1.45. The molecule has 1 atom stereocenters. The molecule has 0 radical (unpaired) electrons. The maximum absolute atomic E-state index is 12.3. The number of hydrogen-bond donors (Lipinski definition) is 1. The van der Waals surface area contributed by atoms with E-state index in [-0.39, 0.29) is 24.5 Å². The van der Waals surface area contributed by atoms with Gasteiger partial charge in [-0.15, -0.1) is 0 Å². The van der Waals surface area contributed by atoms with Crippen LogP contribution in [0.5, 0.6) is 0 Å². The molecular weight excluding hydrogens is 370 g/mol. The van der Waals surface area contributed by atoms with Crippen molar-refractivity contribution in [2.45, 2.75) is 58.1 Å². The summed E-state index contributed by atoms with van der Waals surface area (Å²) in [5.41, 5.74) is 2.76. The molecule has 2 aromatic rings. The molecular formula is C22H27N3O4. The van der Waals surface area contributed by atoms with E-state index in [1.54, 1.807) is 4.90 Å². The summed E-state index contributed by atoms with van der Waals surface area (Å²) in [4.78, 5) is 30.4. The first-order valence-electron chi connectivity index (χ1n) is 10.2. The first-order chi connectivity index (χ1) is 13.9. The van der Waals surface area contributed by atoms with Crippen LogP contribution in [0, 0.1) is 6.92 Å². The summed E-state index contributed by atoms with van der Waals surface area (Å²) in [6.45, 7) is 6.97. The van der Waals surface area contributed by atoms with Crippen molar-refractivity contribution in [2.75, 3.05) is 13.1 Å². The smallest absolute Gasteiger partial charge is 0.410 e. The lowest BCUT2D eigenvalue weighted by Gasteiger charge is -2.11. The molecule has 0 bridgehead atoms. The number of cyclic esters (lactones) is 1. The van der Waals surface area contributed by atoms with E-state index in [1.807, 2.05) is 19.1 Å². The molecule has 2 fully saturated rings. The second-order valence-electron chi connectivity index (χ2n) is 8.17. The van der Waals surface area contributed by atoms with Crippen LogP contribution in [0.1, 0.15) is 49.6 Å². The number of aryl methyl sites for hydroxylation is 1. The summed E-state index contributed by atoms with van der Waals surface area (Å²) in [7, 11) is 0. The Balaban J connectivity index is 1.32. The maximum atomic E-state index is 12.3. The van der Waals surface area contributed by atoms with E-state index in [0.29, 0.717) is 42.4 Å². The lowest BCUT2D eigenvalue weighted by atomic mass is 10.0. The molecule has 2 heterocycles. The van der Waals surface area contributed by atoms with Crippen LogP contribution in [0.2, 0.25) is 0 Å². The molecule has 4 rings (SSSR count). The van der Waals surface area contributed by atoms with E-state index < -0.39 is 0 Å². The van der Waals surface area contributed by atoms with Gasteiger partial charge in [-0.25, -0.2) is 9.78 Å². The number of carbonyl (C=O) groups is 2. The van der Waals surface area contributed by atoms with Crippen LogP contribution in [0.15, 0.2) is 28.7 Å². The van der Waals surface area contributed by atoms with Crippen LogP contribution in [-0.4, -0.2) is 47.1 Å². The normalized spacial score (nSPS) is 19.0. The predicted molar refractivity (Wildman–Crippen MR) is 107 cm³/mol. The van der Waals surface area contributed by atoms with E-state index >= 15 is 0 Å². The highest BCUT2D eigenvalue weighted by Crippen LogP contribution is 2.30. The van der Waals surface area contributed by atoms with E-state index in [1.165, 1.54) is 5.56 Å². The van der Waals surface area contributed by atoms with Crippen LogP contribution >= 0.6 is 0 Å². The van der Waals surface area contributed by atoms with Gasteiger partial charge in [-0.05, 0) is 43.4 Å². The topological polar surface area (TPSA) is 84.7 Å². The quantitative estimate of drug-likeness (QED) is 0.774. The fourth-order valence-electron chi connectivity index (χ4n) is 3.50. The third-order valence-electron chi connectivity index (χ3n) is 5.46. The van der Waals surface area contributed by atoms with Gasteiger partial charge in [0, 0.05) is 11.6 Å². The Morgan fingerprint density at radius 3 is 2.66 bits per heavy atom. The third-order valence-corrected chi connectivity index (χ3v) is 5.46. The first kappa shape index (κ1) is 19.5. The number of nitrogens with one attached hydrogen (secondary N) is 1. The predicted octanol–water partition coefficient (Wildman–Crippen LogP) is 3.42. The van der Waals surface area contributed by atoms with Crippen LogP contribution in [-0.2, 0) is 16.0 Å². The Morgan fingerprint density at radius 1 is 1.28 bits per heavy atom. The van der Waals surface area contributed by atoms with Gasteiger partial charge >= 0.3 is 6.09 Å². The summed E-state index contributed by atoms with van der Waals surface area (Å²) >= 11 is 0. The van der Waals surface area contributed by atoms with E-state index in [4.69, 9.17) is 9.15 Å². The second-order valence-corrected chi connectivity index (χ2v) is 8.17. The Kier molecular flexibility index (Phi) is 5.30. The number of hydrogen-bond acceptors (Lipinski definition) is 5. The number of carbonyl (C=O) groups excluding carboxylic acids is 2. The molecule has 1 saturated heterocycles. The van der Waals surface area contributed by atoms with Gasteiger partial charge in [0.25, 0.3) is 0 Å². The van der Waals surface area contributed by atoms with Crippen molar-refractivity contribution < 1.29 is 18.7 Å². The average molecular weight is 397 g/mol. The molecule has 1 aromatic carbocycles. The number of amides is 2. The zero-order valence-corrected chi connectivity index (χ0v) is 17.1.